The van der Waals surface area contributed by atoms with Gasteiger partial charge in [-0.25, -0.2) is 0 Å². The maximum absolute atomic E-state index is 12.8. The Balaban J connectivity index is 1.75. The second-order valence-electron chi connectivity index (χ2n) is 10.6. The molecule has 0 bridgehead atoms. The van der Waals surface area contributed by atoms with E-state index in [4.69, 9.17) is 0 Å². The average molecular weight is 473 g/mol. The Morgan fingerprint density at radius 2 is 1.84 bits per heavy atom. The molecule has 0 aliphatic carbocycles. The molecule has 0 aromatic heterocycles. The molecule has 2 N–H and O–H groups in total. The molecule has 178 valence electrons. The maximum atomic E-state index is 12.8. The van der Waals surface area contributed by atoms with Gasteiger partial charge in [-0.1, -0.05) is 26.3 Å². The highest BCUT2D eigenvalue weighted by Gasteiger charge is 2.38. The van der Waals surface area contributed by atoms with Crippen molar-refractivity contribution in [1.29, 1.82) is 0 Å². The van der Waals surface area contributed by atoms with Gasteiger partial charge < -0.3 is 14.8 Å². The first-order chi connectivity index (χ1) is 14.4. The van der Waals surface area contributed by atoms with Crippen molar-refractivity contribution in [2.24, 2.45) is 10.8 Å². The number of carboxylic acids is 1. The number of aliphatic hydroxyl groups is 1. The summed E-state index contributed by atoms with van der Waals surface area (Å²) in [7, 11) is 0. The smallest absolute Gasteiger partial charge is 0.309 e. The third-order valence-electron chi connectivity index (χ3n) is 6.70. The second kappa shape index (κ2) is 11.6. The Kier molecular flexibility index (Phi) is 9.99. The number of carbonyl (C=O) groups is 2. The zero-order valence-electron chi connectivity index (χ0n) is 19.5. The van der Waals surface area contributed by atoms with E-state index in [-0.39, 0.29) is 33.6 Å². The molecule has 5 nitrogen and oxygen atoms in total. The van der Waals surface area contributed by atoms with Crippen LogP contribution in [0.4, 0.5) is 0 Å². The van der Waals surface area contributed by atoms with E-state index >= 15 is 0 Å². The molecular formula is C24H40O5S2. The van der Waals surface area contributed by atoms with Crippen molar-refractivity contribution in [3.63, 3.8) is 0 Å². The van der Waals surface area contributed by atoms with Gasteiger partial charge in [0.2, 0.25) is 0 Å². The van der Waals surface area contributed by atoms with Gasteiger partial charge >= 0.3 is 5.97 Å². The van der Waals surface area contributed by atoms with E-state index in [9.17, 15) is 24.4 Å². The third-order valence-corrected chi connectivity index (χ3v) is 10.3. The summed E-state index contributed by atoms with van der Waals surface area (Å²) in [6.45, 7) is 7.79. The largest absolute Gasteiger partial charge is 0.616 e. The molecule has 5 unspecified atom stereocenters. The number of thioether (sulfide) groups is 1. The van der Waals surface area contributed by atoms with Crippen molar-refractivity contribution in [2.75, 3.05) is 6.61 Å². The van der Waals surface area contributed by atoms with Gasteiger partial charge in [-0.15, -0.1) is 11.8 Å². The van der Waals surface area contributed by atoms with Crippen LogP contribution in [0.1, 0.15) is 85.5 Å². The quantitative estimate of drug-likeness (QED) is 0.315. The maximum Gasteiger partial charge on any atom is 0.309 e. The molecule has 2 aliphatic heterocycles. The monoisotopic (exact) mass is 472 g/mol. The molecule has 0 aromatic rings. The molecule has 0 saturated carbocycles. The predicted octanol–water partition coefficient (Wildman–Crippen LogP) is 4.74. The van der Waals surface area contributed by atoms with Crippen LogP contribution < -0.4 is 0 Å². The Hall–Kier alpha value is -0.500. The lowest BCUT2D eigenvalue weighted by Gasteiger charge is -2.22. The molecule has 0 radical (unpaired) electrons. The second-order valence-corrected chi connectivity index (χ2v) is 14.0. The first-order valence-corrected chi connectivity index (χ1v) is 13.8. The van der Waals surface area contributed by atoms with Crippen molar-refractivity contribution in [2.45, 2.75) is 106 Å². The van der Waals surface area contributed by atoms with E-state index in [0.717, 1.165) is 44.9 Å². The number of carbonyl (C=O) groups excluding carboxylic acids is 1. The lowest BCUT2D eigenvalue weighted by Crippen LogP contribution is -2.25. The Morgan fingerprint density at radius 3 is 2.48 bits per heavy atom. The molecule has 0 spiro atoms. The van der Waals surface area contributed by atoms with Crippen LogP contribution in [0.15, 0.2) is 12.2 Å². The van der Waals surface area contributed by atoms with Crippen LogP contribution in [0.5, 0.6) is 0 Å². The van der Waals surface area contributed by atoms with Gasteiger partial charge in [-0.05, 0) is 75.0 Å². The molecule has 2 fully saturated rings. The number of aliphatic hydroxyl groups excluding tert-OH is 1. The molecule has 2 heterocycles. The summed E-state index contributed by atoms with van der Waals surface area (Å²) in [6, 6.07) is 0. The van der Waals surface area contributed by atoms with E-state index in [0.29, 0.717) is 18.1 Å². The van der Waals surface area contributed by atoms with Crippen molar-refractivity contribution in [3.05, 3.63) is 12.2 Å². The van der Waals surface area contributed by atoms with Crippen LogP contribution >= 0.6 is 11.8 Å². The molecule has 7 heteroatoms. The van der Waals surface area contributed by atoms with Crippen LogP contribution in [0.2, 0.25) is 0 Å². The van der Waals surface area contributed by atoms with Gasteiger partial charge in [0.05, 0.1) is 10.7 Å². The van der Waals surface area contributed by atoms with Gasteiger partial charge in [0, 0.05) is 24.7 Å². The molecule has 2 aliphatic rings. The van der Waals surface area contributed by atoms with Gasteiger partial charge in [0.1, 0.15) is 10.5 Å². The molecule has 2 rings (SSSR count). The lowest BCUT2D eigenvalue weighted by molar-refractivity contribution is -0.147. The van der Waals surface area contributed by atoms with E-state index in [2.05, 4.69) is 13.8 Å². The molecule has 2 saturated heterocycles. The molecule has 31 heavy (non-hydrogen) atoms. The first-order valence-electron chi connectivity index (χ1n) is 11.6. The van der Waals surface area contributed by atoms with Crippen LogP contribution in [-0.2, 0) is 20.8 Å². The summed E-state index contributed by atoms with van der Waals surface area (Å²) in [4.78, 5) is 23.6. The minimum absolute atomic E-state index is 0.00953. The number of aliphatic carboxylic acids is 1. The summed E-state index contributed by atoms with van der Waals surface area (Å²) in [6.07, 6.45) is 11.5. The fourth-order valence-electron chi connectivity index (χ4n) is 4.25. The minimum Gasteiger partial charge on any atom is -0.616 e. The van der Waals surface area contributed by atoms with Gasteiger partial charge in [0.25, 0.3) is 0 Å². The van der Waals surface area contributed by atoms with Crippen LogP contribution in [0.25, 0.3) is 0 Å². The van der Waals surface area contributed by atoms with Gasteiger partial charge in [-0.3, -0.25) is 9.59 Å². The summed E-state index contributed by atoms with van der Waals surface area (Å²) in [5.74, 6) is -0.515. The highest BCUT2D eigenvalue weighted by atomic mass is 32.2. The molecule has 0 amide bonds. The summed E-state index contributed by atoms with van der Waals surface area (Å²) in [5.41, 5.74) is -0.789. The Bertz CT molecular complexity index is 646. The highest BCUT2D eigenvalue weighted by Crippen LogP contribution is 2.38. The molecular weight excluding hydrogens is 432 g/mol. The first kappa shape index (κ1) is 26.7. The van der Waals surface area contributed by atoms with Crippen molar-refractivity contribution in [3.8, 4) is 0 Å². The Labute approximate surface area is 195 Å². The third kappa shape index (κ3) is 8.09. The summed E-state index contributed by atoms with van der Waals surface area (Å²) in [5, 5.41) is 19.0. The summed E-state index contributed by atoms with van der Waals surface area (Å²) >= 11 is 0.776. The topological polar surface area (TPSA) is 97.7 Å². The fraction of sp³-hybridized carbons (Fsp3) is 0.833. The van der Waals surface area contributed by atoms with Gasteiger partial charge in [-0.2, -0.15) is 0 Å². The highest BCUT2D eigenvalue weighted by molar-refractivity contribution is 8.01. The normalized spacial score (nSPS) is 29.9. The number of Topliss-reactive ketones (excluding diaryl/α,β-unsaturated/α-hetero) is 1. The zero-order chi connectivity index (χ0) is 23.2. The fourth-order valence-corrected chi connectivity index (χ4v) is 7.53. The number of hydrogen-bond acceptors (Lipinski definition) is 5. The zero-order valence-corrected chi connectivity index (χ0v) is 21.1. The van der Waals surface area contributed by atoms with Gasteiger partial charge in [0.15, 0.2) is 5.78 Å². The standard InChI is InChI=1S/C24H40O5S2/c1-23(2,16-25)13-5-7-17-15-20(26)21(30-17)12-11-19-10-9-18(31(19)29)8-6-14-24(3,4)22(27)28/h11-12,17-19,21,25H,5-10,13-16H2,1-4H3,(H,27,28). The SMILES string of the molecule is CC(C)(CO)CCCC1CC(=O)C(C=CC2CCC(CCCC(C)(C)C(=O)O)[S+]2[O-])S1. The average Bonchev–Trinajstić information content (AvgIpc) is 3.22. The molecule has 0 aromatic carbocycles. The predicted molar refractivity (Wildman–Crippen MR) is 129 cm³/mol. The van der Waals surface area contributed by atoms with Crippen LogP contribution in [0.3, 0.4) is 0 Å². The number of rotatable bonds is 12. The molecule has 5 atom stereocenters. The van der Waals surface area contributed by atoms with Crippen LogP contribution in [0, 0.1) is 10.8 Å². The van der Waals surface area contributed by atoms with Crippen LogP contribution in [-0.4, -0.2) is 54.1 Å². The van der Waals surface area contributed by atoms with E-state index in [1.54, 1.807) is 25.6 Å². The lowest BCUT2D eigenvalue weighted by atomic mass is 9.87. The van der Waals surface area contributed by atoms with Crippen molar-refractivity contribution < 1.29 is 24.4 Å². The van der Waals surface area contributed by atoms with Crippen molar-refractivity contribution >= 4 is 34.7 Å². The van der Waals surface area contributed by atoms with E-state index in [1.165, 1.54) is 0 Å². The Morgan fingerprint density at radius 1 is 1.16 bits per heavy atom. The van der Waals surface area contributed by atoms with Crippen molar-refractivity contribution in [1.82, 2.24) is 0 Å². The van der Waals surface area contributed by atoms with E-state index in [1.807, 2.05) is 12.2 Å². The number of hydrogen-bond donors (Lipinski definition) is 2. The summed E-state index contributed by atoms with van der Waals surface area (Å²) < 4.78 is 12.8. The number of carboxylic acid groups (broad SMARTS) is 1. The number of ketones is 1. The van der Waals surface area contributed by atoms with E-state index < -0.39 is 22.6 Å². The minimum atomic E-state index is -0.952.